The maximum Gasteiger partial charge on any atom is 0.230 e. The zero-order valence-electron chi connectivity index (χ0n) is 19.9. The average Bonchev–Trinajstić information content (AvgIpc) is 3.25. The molecule has 8 nitrogen and oxygen atoms in total. The Balaban J connectivity index is 1.57. The molecule has 2 aromatic heterocycles. The van der Waals surface area contributed by atoms with Crippen LogP contribution in [-0.2, 0) is 11.8 Å². The fourth-order valence-corrected chi connectivity index (χ4v) is 4.61. The molecule has 0 saturated carbocycles. The standard InChI is InChI=1S/C26H27FN6O2/c1-32-10-9-17(20(27)14-32)26(34)30-22-11-18-21(12-23(22)35-3)28-15-29-25(18)19-13-33(2)31-24(19)16-7-5-4-6-8-16/h4-8,11-13,15,17,20H,9-10,14H2,1-3H3,(H,30,34)/t17-,20-/m0/s1. The van der Waals surface area contributed by atoms with Gasteiger partial charge in [-0.05, 0) is 26.1 Å². The number of hydrogen-bond donors (Lipinski definition) is 1. The Morgan fingerprint density at radius 2 is 1.94 bits per heavy atom. The minimum absolute atomic E-state index is 0.244. The molecule has 35 heavy (non-hydrogen) atoms. The first-order chi connectivity index (χ1) is 16.9. The van der Waals surface area contributed by atoms with Crippen molar-refractivity contribution in [3.05, 3.63) is 55.0 Å². The van der Waals surface area contributed by atoms with Crippen LogP contribution in [-0.4, -0.2) is 64.0 Å². The Bertz CT molecular complexity index is 1370. The van der Waals surface area contributed by atoms with Crippen LogP contribution in [0, 0.1) is 5.92 Å². The maximum atomic E-state index is 14.6. The van der Waals surface area contributed by atoms with Gasteiger partial charge in [0.15, 0.2) is 0 Å². The Kier molecular flexibility index (Phi) is 6.17. The lowest BCUT2D eigenvalue weighted by molar-refractivity contribution is -0.123. The summed E-state index contributed by atoms with van der Waals surface area (Å²) in [4.78, 5) is 23.9. The van der Waals surface area contributed by atoms with Gasteiger partial charge in [-0.25, -0.2) is 14.4 Å². The molecule has 9 heteroatoms. The highest BCUT2D eigenvalue weighted by atomic mass is 19.1. The van der Waals surface area contributed by atoms with E-state index in [1.165, 1.54) is 13.4 Å². The van der Waals surface area contributed by atoms with E-state index in [9.17, 15) is 9.18 Å². The van der Waals surface area contributed by atoms with E-state index >= 15 is 0 Å². The number of methoxy groups -OCH3 is 1. The van der Waals surface area contributed by atoms with E-state index in [1.54, 1.807) is 16.8 Å². The third-order valence-electron chi connectivity index (χ3n) is 6.43. The van der Waals surface area contributed by atoms with Gasteiger partial charge < -0.3 is 15.0 Å². The van der Waals surface area contributed by atoms with E-state index in [-0.39, 0.29) is 12.5 Å². The quantitative estimate of drug-likeness (QED) is 0.472. The van der Waals surface area contributed by atoms with Crippen LogP contribution in [0.5, 0.6) is 5.75 Å². The van der Waals surface area contributed by atoms with Crippen LogP contribution in [0.4, 0.5) is 10.1 Å². The first-order valence-corrected chi connectivity index (χ1v) is 11.5. The number of likely N-dealkylation sites (tertiary alicyclic amines) is 1. The summed E-state index contributed by atoms with van der Waals surface area (Å²) in [6.07, 6.45) is 2.66. The van der Waals surface area contributed by atoms with Gasteiger partial charge in [-0.1, -0.05) is 30.3 Å². The fourth-order valence-electron chi connectivity index (χ4n) is 4.61. The van der Waals surface area contributed by atoms with Gasteiger partial charge in [0, 0.05) is 42.4 Å². The van der Waals surface area contributed by atoms with Crippen molar-refractivity contribution >= 4 is 22.5 Å². The third kappa shape index (κ3) is 4.46. The average molecular weight is 475 g/mol. The minimum atomic E-state index is -1.22. The number of piperidine rings is 1. The van der Waals surface area contributed by atoms with E-state index in [1.807, 2.05) is 55.5 Å². The lowest BCUT2D eigenvalue weighted by Gasteiger charge is -2.31. The maximum absolute atomic E-state index is 14.6. The number of aryl methyl sites for hydroxylation is 1. The summed E-state index contributed by atoms with van der Waals surface area (Å²) in [7, 11) is 5.25. The monoisotopic (exact) mass is 474 g/mol. The molecule has 1 amide bonds. The van der Waals surface area contributed by atoms with E-state index in [0.29, 0.717) is 35.6 Å². The van der Waals surface area contributed by atoms with Crippen LogP contribution in [0.2, 0.25) is 0 Å². The van der Waals surface area contributed by atoms with Crippen molar-refractivity contribution in [1.82, 2.24) is 24.6 Å². The van der Waals surface area contributed by atoms with Gasteiger partial charge in [0.25, 0.3) is 0 Å². The predicted octanol–water partition coefficient (Wildman–Crippen LogP) is 3.93. The van der Waals surface area contributed by atoms with Crippen molar-refractivity contribution < 1.29 is 13.9 Å². The summed E-state index contributed by atoms with van der Waals surface area (Å²) in [6, 6.07) is 13.4. The molecule has 0 radical (unpaired) electrons. The number of rotatable bonds is 5. The number of carbonyl (C=O) groups excluding carboxylic acids is 1. The van der Waals surface area contributed by atoms with Crippen molar-refractivity contribution in [2.45, 2.75) is 12.6 Å². The number of nitrogens with one attached hydrogen (secondary N) is 1. The summed E-state index contributed by atoms with van der Waals surface area (Å²) < 4.78 is 21.9. The first-order valence-electron chi connectivity index (χ1n) is 11.5. The minimum Gasteiger partial charge on any atom is -0.494 e. The summed E-state index contributed by atoms with van der Waals surface area (Å²) in [6.45, 7) is 0.919. The van der Waals surface area contributed by atoms with Gasteiger partial charge in [-0.15, -0.1) is 0 Å². The van der Waals surface area contributed by atoms with Crippen molar-refractivity contribution in [3.63, 3.8) is 0 Å². The molecule has 0 bridgehead atoms. The molecule has 0 spiro atoms. The highest BCUT2D eigenvalue weighted by Gasteiger charge is 2.33. The second-order valence-electron chi connectivity index (χ2n) is 8.89. The van der Waals surface area contributed by atoms with Gasteiger partial charge >= 0.3 is 0 Å². The number of alkyl halides is 1. The SMILES string of the molecule is COc1cc2ncnc(-c3cn(C)nc3-c3ccccc3)c2cc1NC(=O)[C@H]1CCN(C)C[C@@H]1F. The molecule has 1 fully saturated rings. The van der Waals surface area contributed by atoms with Gasteiger partial charge in [0.2, 0.25) is 5.91 Å². The predicted molar refractivity (Wildman–Crippen MR) is 133 cm³/mol. The largest absolute Gasteiger partial charge is 0.494 e. The van der Waals surface area contributed by atoms with E-state index < -0.39 is 12.1 Å². The van der Waals surface area contributed by atoms with E-state index in [2.05, 4.69) is 20.4 Å². The summed E-state index contributed by atoms with van der Waals surface area (Å²) in [5, 5.41) is 8.29. The third-order valence-corrected chi connectivity index (χ3v) is 6.43. The molecule has 1 saturated heterocycles. The van der Waals surface area contributed by atoms with Crippen LogP contribution in [0.15, 0.2) is 55.0 Å². The van der Waals surface area contributed by atoms with Crippen molar-refractivity contribution in [2.24, 2.45) is 13.0 Å². The molecule has 3 heterocycles. The number of carbonyl (C=O) groups is 1. The zero-order chi connectivity index (χ0) is 24.5. The normalized spacial score (nSPS) is 18.5. The van der Waals surface area contributed by atoms with E-state index in [4.69, 9.17) is 4.74 Å². The lowest BCUT2D eigenvalue weighted by atomic mass is 9.94. The van der Waals surface area contributed by atoms with Crippen molar-refractivity contribution in [1.29, 1.82) is 0 Å². The smallest absolute Gasteiger partial charge is 0.230 e. The molecule has 1 N–H and O–H groups in total. The number of fused-ring (bicyclic) bond motifs is 1. The highest BCUT2D eigenvalue weighted by Crippen LogP contribution is 2.37. The van der Waals surface area contributed by atoms with Crippen molar-refractivity contribution in [2.75, 3.05) is 32.6 Å². The lowest BCUT2D eigenvalue weighted by Crippen LogP contribution is -2.44. The van der Waals surface area contributed by atoms with Crippen molar-refractivity contribution in [3.8, 4) is 28.3 Å². The molecule has 2 aromatic carbocycles. The summed E-state index contributed by atoms with van der Waals surface area (Å²) >= 11 is 0. The number of anilines is 1. The molecule has 5 rings (SSSR count). The summed E-state index contributed by atoms with van der Waals surface area (Å²) in [5.41, 5.74) is 4.40. The van der Waals surface area contributed by atoms with Crippen LogP contribution in [0.1, 0.15) is 6.42 Å². The molecule has 2 atom stereocenters. The molecule has 1 aliphatic heterocycles. The van der Waals surface area contributed by atoms with Gasteiger partial charge in [-0.3, -0.25) is 9.48 Å². The van der Waals surface area contributed by atoms with Crippen LogP contribution >= 0.6 is 0 Å². The number of ether oxygens (including phenoxy) is 1. The van der Waals surface area contributed by atoms with Crippen LogP contribution < -0.4 is 10.1 Å². The fraction of sp³-hybridized carbons (Fsp3) is 0.308. The summed E-state index contributed by atoms with van der Waals surface area (Å²) in [5.74, 6) is -0.609. The molecule has 4 aromatic rings. The first kappa shape index (κ1) is 22.9. The molecule has 180 valence electrons. The zero-order valence-corrected chi connectivity index (χ0v) is 19.9. The Morgan fingerprint density at radius 3 is 2.69 bits per heavy atom. The number of benzene rings is 2. The van der Waals surface area contributed by atoms with Gasteiger partial charge in [-0.2, -0.15) is 5.10 Å². The second-order valence-corrected chi connectivity index (χ2v) is 8.89. The second kappa shape index (κ2) is 9.42. The Labute approximate surface area is 202 Å². The number of halogens is 1. The Hall–Kier alpha value is -3.85. The molecular formula is C26H27FN6O2. The van der Waals surface area contributed by atoms with Crippen LogP contribution in [0.3, 0.4) is 0 Å². The number of hydrogen-bond acceptors (Lipinski definition) is 6. The number of aromatic nitrogens is 4. The van der Waals surface area contributed by atoms with Gasteiger partial charge in [0.1, 0.15) is 23.9 Å². The molecular weight excluding hydrogens is 447 g/mol. The number of nitrogens with zero attached hydrogens (tertiary/aromatic N) is 5. The number of amides is 1. The highest BCUT2D eigenvalue weighted by molar-refractivity contribution is 6.02. The molecule has 1 aliphatic rings. The topological polar surface area (TPSA) is 85.2 Å². The van der Waals surface area contributed by atoms with E-state index in [0.717, 1.165) is 22.2 Å². The van der Waals surface area contributed by atoms with Gasteiger partial charge in [0.05, 0.1) is 29.9 Å². The Morgan fingerprint density at radius 1 is 1.14 bits per heavy atom. The molecule has 0 unspecified atom stereocenters. The van der Waals surface area contributed by atoms with Crippen LogP contribution in [0.25, 0.3) is 33.4 Å². The molecule has 0 aliphatic carbocycles.